The molecule has 0 fully saturated rings. The Morgan fingerprint density at radius 2 is 2.27 bits per heavy atom. The summed E-state index contributed by atoms with van der Waals surface area (Å²) >= 11 is 0. The van der Waals surface area contributed by atoms with E-state index in [2.05, 4.69) is 9.84 Å². The van der Waals surface area contributed by atoms with Crippen LogP contribution in [0.25, 0.3) is 0 Å². The third-order valence-electron chi connectivity index (χ3n) is 2.37. The van der Waals surface area contributed by atoms with Crippen LogP contribution in [0.5, 0.6) is 0 Å². The highest BCUT2D eigenvalue weighted by atomic mass is 16.5. The molecule has 1 aliphatic rings. The van der Waals surface area contributed by atoms with Gasteiger partial charge < -0.3 is 4.74 Å². The fourth-order valence-electron chi connectivity index (χ4n) is 1.52. The van der Waals surface area contributed by atoms with Gasteiger partial charge in [0.2, 0.25) is 0 Å². The first kappa shape index (κ1) is 11.7. The first-order valence-corrected chi connectivity index (χ1v) is 5.03. The fourth-order valence-corrected chi connectivity index (χ4v) is 1.52. The Kier molecular flexibility index (Phi) is 3.82. The molecule has 0 radical (unpaired) electrons. The van der Waals surface area contributed by atoms with Crippen molar-refractivity contribution in [3.05, 3.63) is 0 Å². The molecule has 1 amide bonds. The predicted molar refractivity (Wildman–Crippen MR) is 55.2 cm³/mol. The standard InChI is InChI=1S/C10H16N2O3/c1-4-5-12-10(14)8(7(2)11-12)6-9(13)15-3/h8H,4-6H2,1-3H3. The largest absolute Gasteiger partial charge is 0.469 e. The van der Waals surface area contributed by atoms with E-state index < -0.39 is 5.92 Å². The van der Waals surface area contributed by atoms with Crippen LogP contribution < -0.4 is 0 Å². The molecule has 0 N–H and O–H groups in total. The normalized spacial score (nSPS) is 20.5. The Bertz CT molecular complexity index is 299. The highest BCUT2D eigenvalue weighted by Crippen LogP contribution is 2.19. The maximum Gasteiger partial charge on any atom is 0.306 e. The Labute approximate surface area is 89.1 Å². The van der Waals surface area contributed by atoms with Gasteiger partial charge in [-0.1, -0.05) is 6.92 Å². The Balaban J connectivity index is 2.65. The van der Waals surface area contributed by atoms with Gasteiger partial charge in [0.05, 0.1) is 19.4 Å². The molecule has 15 heavy (non-hydrogen) atoms. The lowest BCUT2D eigenvalue weighted by Crippen LogP contribution is -2.29. The molecule has 0 bridgehead atoms. The second kappa shape index (κ2) is 4.91. The van der Waals surface area contributed by atoms with Gasteiger partial charge >= 0.3 is 5.97 Å². The van der Waals surface area contributed by atoms with E-state index in [4.69, 9.17) is 0 Å². The van der Waals surface area contributed by atoms with E-state index in [-0.39, 0.29) is 18.3 Å². The number of carbonyl (C=O) groups is 2. The molecule has 5 nitrogen and oxygen atoms in total. The second-order valence-corrected chi connectivity index (χ2v) is 3.54. The van der Waals surface area contributed by atoms with Crippen molar-refractivity contribution in [2.45, 2.75) is 26.7 Å². The van der Waals surface area contributed by atoms with Gasteiger partial charge in [0.1, 0.15) is 0 Å². The third-order valence-corrected chi connectivity index (χ3v) is 2.37. The van der Waals surface area contributed by atoms with Crippen LogP contribution in [0.2, 0.25) is 0 Å². The molecule has 0 spiro atoms. The summed E-state index contributed by atoms with van der Waals surface area (Å²) in [5.41, 5.74) is 0.693. The average molecular weight is 212 g/mol. The average Bonchev–Trinajstić information content (AvgIpc) is 2.46. The second-order valence-electron chi connectivity index (χ2n) is 3.54. The molecule has 0 aliphatic carbocycles. The molecule has 1 heterocycles. The van der Waals surface area contributed by atoms with Crippen molar-refractivity contribution in [1.82, 2.24) is 5.01 Å². The lowest BCUT2D eigenvalue weighted by atomic mass is 10.0. The van der Waals surface area contributed by atoms with Gasteiger partial charge in [0, 0.05) is 12.3 Å². The molecule has 0 aromatic rings. The third kappa shape index (κ3) is 2.55. The summed E-state index contributed by atoms with van der Waals surface area (Å²) in [4.78, 5) is 22.8. The Hall–Kier alpha value is -1.39. The Morgan fingerprint density at radius 1 is 1.60 bits per heavy atom. The van der Waals surface area contributed by atoms with E-state index in [0.717, 1.165) is 6.42 Å². The van der Waals surface area contributed by atoms with Gasteiger partial charge in [-0.3, -0.25) is 9.59 Å². The Morgan fingerprint density at radius 3 is 2.80 bits per heavy atom. The monoisotopic (exact) mass is 212 g/mol. The van der Waals surface area contributed by atoms with Crippen molar-refractivity contribution in [3.63, 3.8) is 0 Å². The number of ether oxygens (including phenoxy) is 1. The SMILES string of the molecule is CCCN1N=C(C)C(CC(=O)OC)C1=O. The number of hydrazone groups is 1. The van der Waals surface area contributed by atoms with Crippen LogP contribution in [0.15, 0.2) is 5.10 Å². The molecule has 0 saturated carbocycles. The van der Waals surface area contributed by atoms with E-state index in [9.17, 15) is 9.59 Å². The summed E-state index contributed by atoms with van der Waals surface area (Å²) in [6, 6.07) is 0. The first-order valence-electron chi connectivity index (χ1n) is 5.03. The number of esters is 1. The minimum absolute atomic E-state index is 0.0882. The summed E-state index contributed by atoms with van der Waals surface area (Å²) in [5.74, 6) is -0.898. The van der Waals surface area contributed by atoms with Crippen molar-refractivity contribution in [2.75, 3.05) is 13.7 Å². The quantitative estimate of drug-likeness (QED) is 0.647. The van der Waals surface area contributed by atoms with Gasteiger partial charge in [0.15, 0.2) is 0 Å². The number of carbonyl (C=O) groups excluding carboxylic acids is 2. The smallest absolute Gasteiger partial charge is 0.306 e. The molecule has 1 rings (SSSR count). The maximum atomic E-state index is 11.8. The summed E-state index contributed by atoms with van der Waals surface area (Å²) < 4.78 is 4.54. The first-order chi connectivity index (χ1) is 7.10. The van der Waals surface area contributed by atoms with Crippen LogP contribution in [-0.2, 0) is 14.3 Å². The number of nitrogens with zero attached hydrogens (tertiary/aromatic N) is 2. The lowest BCUT2D eigenvalue weighted by molar-refractivity contribution is -0.144. The van der Waals surface area contributed by atoms with Crippen molar-refractivity contribution < 1.29 is 14.3 Å². The van der Waals surface area contributed by atoms with Gasteiger partial charge in [-0.05, 0) is 13.3 Å². The van der Waals surface area contributed by atoms with Crippen molar-refractivity contribution in [2.24, 2.45) is 11.0 Å². The fraction of sp³-hybridized carbons (Fsp3) is 0.700. The van der Waals surface area contributed by atoms with Crippen LogP contribution in [-0.4, -0.2) is 36.3 Å². The van der Waals surface area contributed by atoms with Gasteiger partial charge in [-0.15, -0.1) is 0 Å². The minimum atomic E-state index is -0.427. The lowest BCUT2D eigenvalue weighted by Gasteiger charge is -2.12. The van der Waals surface area contributed by atoms with Crippen LogP contribution in [0, 0.1) is 5.92 Å². The molecular weight excluding hydrogens is 196 g/mol. The van der Waals surface area contributed by atoms with E-state index in [1.165, 1.54) is 12.1 Å². The van der Waals surface area contributed by atoms with Crippen LogP contribution >= 0.6 is 0 Å². The van der Waals surface area contributed by atoms with Gasteiger partial charge in [-0.2, -0.15) is 5.10 Å². The molecule has 0 aromatic heterocycles. The van der Waals surface area contributed by atoms with Gasteiger partial charge in [0.25, 0.3) is 5.91 Å². The van der Waals surface area contributed by atoms with Crippen LogP contribution in [0.4, 0.5) is 0 Å². The maximum absolute atomic E-state index is 11.8. The van der Waals surface area contributed by atoms with Crippen LogP contribution in [0.3, 0.4) is 0 Å². The molecule has 1 unspecified atom stereocenters. The zero-order valence-corrected chi connectivity index (χ0v) is 9.32. The zero-order chi connectivity index (χ0) is 11.4. The molecule has 5 heteroatoms. The van der Waals surface area contributed by atoms with E-state index >= 15 is 0 Å². The van der Waals surface area contributed by atoms with E-state index in [0.29, 0.717) is 12.3 Å². The molecular formula is C10H16N2O3. The number of rotatable bonds is 4. The summed E-state index contributed by atoms with van der Waals surface area (Å²) in [6.45, 7) is 4.35. The number of methoxy groups -OCH3 is 1. The molecule has 0 saturated heterocycles. The number of hydrogen-bond donors (Lipinski definition) is 0. The summed E-state index contributed by atoms with van der Waals surface area (Å²) in [6.07, 6.45) is 0.943. The molecule has 1 aliphatic heterocycles. The summed E-state index contributed by atoms with van der Waals surface area (Å²) in [7, 11) is 1.32. The zero-order valence-electron chi connectivity index (χ0n) is 9.32. The highest BCUT2D eigenvalue weighted by molar-refractivity contribution is 6.08. The molecule has 84 valence electrons. The minimum Gasteiger partial charge on any atom is -0.469 e. The number of amides is 1. The van der Waals surface area contributed by atoms with Crippen molar-refractivity contribution >= 4 is 17.6 Å². The van der Waals surface area contributed by atoms with Crippen molar-refractivity contribution in [1.29, 1.82) is 0 Å². The van der Waals surface area contributed by atoms with E-state index in [1.807, 2.05) is 6.92 Å². The van der Waals surface area contributed by atoms with E-state index in [1.54, 1.807) is 6.92 Å². The number of hydrogen-bond acceptors (Lipinski definition) is 4. The van der Waals surface area contributed by atoms with Crippen molar-refractivity contribution in [3.8, 4) is 0 Å². The van der Waals surface area contributed by atoms with Gasteiger partial charge in [-0.25, -0.2) is 5.01 Å². The predicted octanol–water partition coefficient (Wildman–Crippen LogP) is 0.794. The highest BCUT2D eigenvalue weighted by Gasteiger charge is 2.34. The summed E-state index contributed by atoms with van der Waals surface area (Å²) in [5, 5.41) is 5.55. The van der Waals surface area contributed by atoms with Crippen LogP contribution in [0.1, 0.15) is 26.7 Å². The molecule has 0 aromatic carbocycles. The molecule has 1 atom stereocenters. The topological polar surface area (TPSA) is 59.0 Å².